The Kier molecular flexibility index (Phi) is 10.2. The quantitative estimate of drug-likeness (QED) is 0.158. The minimum absolute atomic E-state index is 0.165. The lowest BCUT2D eigenvalue weighted by Crippen LogP contribution is -2.52. The molecule has 0 radical (unpaired) electrons. The first kappa shape index (κ1) is 22.3. The van der Waals surface area contributed by atoms with E-state index in [0.29, 0.717) is 0 Å². The summed E-state index contributed by atoms with van der Waals surface area (Å²) < 4.78 is 20.1. The van der Waals surface area contributed by atoms with Gasteiger partial charge in [-0.15, -0.1) is 0 Å². The number of carbonyl (C=O) groups is 5. The molecule has 4 atom stereocenters. The third kappa shape index (κ3) is 8.22. The van der Waals surface area contributed by atoms with Crippen molar-refractivity contribution in [3.63, 3.8) is 0 Å². The largest absolute Gasteiger partial charge is 0.458 e. The van der Waals surface area contributed by atoms with Crippen LogP contribution in [0, 0.1) is 0 Å². The number of aldehydes is 1. The predicted molar refractivity (Wildman–Crippen MR) is 87.2 cm³/mol. The first-order valence-corrected chi connectivity index (χ1v) is 8.35. The van der Waals surface area contributed by atoms with Crippen molar-refractivity contribution in [2.24, 2.45) is 0 Å². The Bertz CT molecular complexity index is 491. The number of carbonyl (C=O) groups excluding carboxylic acids is 5. The fourth-order valence-electron chi connectivity index (χ4n) is 1.82. The highest BCUT2D eigenvalue weighted by Gasteiger charge is 2.42. The van der Waals surface area contributed by atoms with Crippen molar-refractivity contribution in [1.82, 2.24) is 0 Å². The van der Waals surface area contributed by atoms with Crippen LogP contribution >= 0.6 is 22.6 Å². The molecule has 24 heavy (non-hydrogen) atoms. The standard InChI is InChI=1S/C14H19IO9/c1-7(17)21-11(5-15)13(23-9(3)19)14(24-10(4)20)12(6-16)22-8(2)18/h6,11-14H,5H2,1-4H3/t11-,12+,13+,14-/m1/s1. The van der Waals surface area contributed by atoms with Crippen LogP contribution in [0.15, 0.2) is 0 Å². The lowest BCUT2D eigenvalue weighted by Gasteiger charge is -2.33. The maximum absolute atomic E-state index is 11.4. The molecule has 0 unspecified atom stereocenters. The molecular formula is C14H19IO9. The molecule has 0 aliphatic carbocycles. The smallest absolute Gasteiger partial charge is 0.303 e. The van der Waals surface area contributed by atoms with E-state index in [1.54, 1.807) is 0 Å². The van der Waals surface area contributed by atoms with Crippen LogP contribution in [0.1, 0.15) is 27.7 Å². The maximum Gasteiger partial charge on any atom is 0.303 e. The Morgan fingerprint density at radius 1 is 0.792 bits per heavy atom. The molecule has 0 aromatic rings. The van der Waals surface area contributed by atoms with E-state index in [4.69, 9.17) is 18.9 Å². The lowest BCUT2D eigenvalue weighted by molar-refractivity contribution is -0.194. The molecule has 136 valence electrons. The van der Waals surface area contributed by atoms with Crippen LogP contribution in [0.2, 0.25) is 0 Å². The van der Waals surface area contributed by atoms with Crippen LogP contribution in [0.25, 0.3) is 0 Å². The zero-order chi connectivity index (χ0) is 18.9. The van der Waals surface area contributed by atoms with Gasteiger partial charge in [0.2, 0.25) is 0 Å². The molecular weight excluding hydrogens is 439 g/mol. The van der Waals surface area contributed by atoms with Gasteiger partial charge in [0.15, 0.2) is 30.7 Å². The van der Waals surface area contributed by atoms with Crippen molar-refractivity contribution < 1.29 is 42.9 Å². The zero-order valence-electron chi connectivity index (χ0n) is 13.6. The predicted octanol–water partition coefficient (Wildman–Crippen LogP) is 0.347. The Morgan fingerprint density at radius 3 is 1.54 bits per heavy atom. The first-order chi connectivity index (χ1) is 11.1. The van der Waals surface area contributed by atoms with E-state index in [1.807, 2.05) is 22.6 Å². The second kappa shape index (κ2) is 10.9. The number of halogens is 1. The van der Waals surface area contributed by atoms with E-state index in [0.717, 1.165) is 27.7 Å². The molecule has 0 saturated carbocycles. The van der Waals surface area contributed by atoms with Crippen molar-refractivity contribution in [3.8, 4) is 0 Å². The second-order valence-electron chi connectivity index (χ2n) is 4.66. The highest BCUT2D eigenvalue weighted by molar-refractivity contribution is 14.1. The van der Waals surface area contributed by atoms with Gasteiger partial charge in [-0.2, -0.15) is 0 Å². The van der Waals surface area contributed by atoms with Crippen LogP contribution in [0.4, 0.5) is 0 Å². The van der Waals surface area contributed by atoms with Crippen LogP contribution in [0.3, 0.4) is 0 Å². The Balaban J connectivity index is 5.79. The number of alkyl halides is 1. The molecule has 0 N–H and O–H groups in total. The highest BCUT2D eigenvalue weighted by Crippen LogP contribution is 2.20. The van der Waals surface area contributed by atoms with Gasteiger partial charge in [0, 0.05) is 32.1 Å². The maximum atomic E-state index is 11.4. The Hall–Kier alpha value is -1.72. The van der Waals surface area contributed by atoms with Gasteiger partial charge in [-0.25, -0.2) is 0 Å². The molecule has 0 bridgehead atoms. The summed E-state index contributed by atoms with van der Waals surface area (Å²) in [6.45, 7) is 4.37. The monoisotopic (exact) mass is 458 g/mol. The van der Waals surface area contributed by atoms with E-state index in [9.17, 15) is 24.0 Å². The van der Waals surface area contributed by atoms with Crippen LogP contribution in [-0.4, -0.2) is 59.0 Å². The average Bonchev–Trinajstić information content (AvgIpc) is 2.45. The van der Waals surface area contributed by atoms with Gasteiger partial charge >= 0.3 is 23.9 Å². The van der Waals surface area contributed by atoms with Gasteiger partial charge in [0.05, 0.1) is 0 Å². The number of ether oxygens (including phenoxy) is 4. The summed E-state index contributed by atoms with van der Waals surface area (Å²) in [7, 11) is 0. The number of rotatable bonds is 9. The summed E-state index contributed by atoms with van der Waals surface area (Å²) in [6, 6.07) is 0. The molecule has 10 heteroatoms. The van der Waals surface area contributed by atoms with Gasteiger partial charge < -0.3 is 18.9 Å². The summed E-state index contributed by atoms with van der Waals surface area (Å²) >= 11 is 1.87. The molecule has 0 fully saturated rings. The van der Waals surface area contributed by atoms with E-state index in [1.165, 1.54) is 0 Å². The minimum Gasteiger partial charge on any atom is -0.458 e. The van der Waals surface area contributed by atoms with Crippen LogP contribution in [0.5, 0.6) is 0 Å². The summed E-state index contributed by atoms with van der Waals surface area (Å²) in [5.41, 5.74) is 0. The fraction of sp³-hybridized carbons (Fsp3) is 0.643. The zero-order valence-corrected chi connectivity index (χ0v) is 15.8. The Morgan fingerprint density at radius 2 is 1.21 bits per heavy atom. The molecule has 0 aliphatic heterocycles. The third-order valence-electron chi connectivity index (χ3n) is 2.52. The van der Waals surface area contributed by atoms with Crippen molar-refractivity contribution in [1.29, 1.82) is 0 Å². The third-order valence-corrected chi connectivity index (χ3v) is 3.39. The summed E-state index contributed by atoms with van der Waals surface area (Å²) in [4.78, 5) is 56.4. The molecule has 0 aromatic heterocycles. The van der Waals surface area contributed by atoms with Gasteiger partial charge in [-0.1, -0.05) is 22.6 Å². The molecule has 0 amide bonds. The van der Waals surface area contributed by atoms with Crippen molar-refractivity contribution >= 4 is 52.8 Å². The van der Waals surface area contributed by atoms with E-state index >= 15 is 0 Å². The summed E-state index contributed by atoms with van der Waals surface area (Å²) in [6.07, 6.45) is -5.11. The fourth-order valence-corrected chi connectivity index (χ4v) is 2.50. The summed E-state index contributed by atoms with van der Waals surface area (Å²) in [5, 5.41) is 0. The lowest BCUT2D eigenvalue weighted by atomic mass is 10.0. The van der Waals surface area contributed by atoms with Crippen molar-refractivity contribution in [3.05, 3.63) is 0 Å². The van der Waals surface area contributed by atoms with Crippen LogP contribution in [-0.2, 0) is 42.9 Å². The van der Waals surface area contributed by atoms with E-state index in [2.05, 4.69) is 0 Å². The molecule has 0 rings (SSSR count). The summed E-state index contributed by atoms with van der Waals surface area (Å²) in [5.74, 6) is -3.02. The minimum atomic E-state index is -1.53. The number of esters is 4. The van der Waals surface area contributed by atoms with Crippen molar-refractivity contribution in [2.75, 3.05) is 4.43 Å². The van der Waals surface area contributed by atoms with Gasteiger partial charge in [0.25, 0.3) is 0 Å². The van der Waals surface area contributed by atoms with Gasteiger partial charge in [0.1, 0.15) is 0 Å². The first-order valence-electron chi connectivity index (χ1n) is 6.82. The van der Waals surface area contributed by atoms with Crippen LogP contribution < -0.4 is 0 Å². The topological polar surface area (TPSA) is 122 Å². The molecule has 9 nitrogen and oxygen atoms in total. The number of hydrogen-bond acceptors (Lipinski definition) is 9. The van der Waals surface area contributed by atoms with E-state index < -0.39 is 48.3 Å². The van der Waals surface area contributed by atoms with Gasteiger partial charge in [-0.3, -0.25) is 24.0 Å². The molecule has 0 spiro atoms. The second-order valence-corrected chi connectivity index (χ2v) is 5.54. The normalized spacial score (nSPS) is 15.2. The van der Waals surface area contributed by atoms with Crippen molar-refractivity contribution in [2.45, 2.75) is 52.1 Å². The highest BCUT2D eigenvalue weighted by atomic mass is 127. The molecule has 0 aromatic carbocycles. The Labute approximate surface area is 152 Å². The number of hydrogen-bond donors (Lipinski definition) is 0. The SMILES string of the molecule is CC(=O)O[C@H]([C@H](OC(C)=O)[C@H](C=O)OC(C)=O)[C@@H](CI)OC(C)=O. The van der Waals surface area contributed by atoms with E-state index in [-0.39, 0.29) is 10.7 Å². The average molecular weight is 458 g/mol. The molecule has 0 aliphatic rings. The van der Waals surface area contributed by atoms with Gasteiger partial charge in [-0.05, 0) is 0 Å². The molecule has 0 heterocycles. The molecule has 0 saturated heterocycles.